The van der Waals surface area contributed by atoms with Crippen molar-refractivity contribution in [2.75, 3.05) is 20.2 Å². The van der Waals surface area contributed by atoms with Gasteiger partial charge in [0.25, 0.3) is 0 Å². The van der Waals surface area contributed by atoms with Gasteiger partial charge < -0.3 is 9.64 Å². The van der Waals surface area contributed by atoms with Crippen molar-refractivity contribution < 1.29 is 14.3 Å². The first-order valence-electron chi connectivity index (χ1n) is 9.34. The summed E-state index contributed by atoms with van der Waals surface area (Å²) in [7, 11) is 1.42. The molecule has 23 heavy (non-hydrogen) atoms. The number of carbonyl (C=O) groups is 2. The van der Waals surface area contributed by atoms with E-state index in [0.717, 1.165) is 50.0 Å². The predicted molar refractivity (Wildman–Crippen MR) is 88.7 cm³/mol. The second kappa shape index (κ2) is 6.45. The normalized spacial score (nSPS) is 35.9. The summed E-state index contributed by atoms with van der Waals surface area (Å²) in [5, 5.41) is 0. The number of nitrogens with zero attached hydrogens (tertiary/aromatic N) is 1. The summed E-state index contributed by atoms with van der Waals surface area (Å²) in [4.78, 5) is 27.1. The Balaban J connectivity index is 1.74. The molecule has 1 amide bonds. The maximum absolute atomic E-state index is 13.4. The number of ether oxygens (including phenoxy) is 1. The SMILES string of the molecule is CCCN(CC(C)C(=O)OC)C(=O)C12CC3CC(CC(C3)C1)C2. The molecule has 4 rings (SSSR count). The van der Waals surface area contributed by atoms with E-state index in [1.165, 1.54) is 26.4 Å². The Bertz CT molecular complexity index is 438. The molecule has 0 N–H and O–H groups in total. The van der Waals surface area contributed by atoms with Crippen molar-refractivity contribution in [2.45, 2.75) is 58.8 Å². The van der Waals surface area contributed by atoms with Crippen molar-refractivity contribution in [1.29, 1.82) is 0 Å². The molecular weight excluding hydrogens is 290 g/mol. The van der Waals surface area contributed by atoms with Gasteiger partial charge in [0.15, 0.2) is 0 Å². The van der Waals surface area contributed by atoms with Crippen LogP contribution in [0.15, 0.2) is 0 Å². The number of rotatable bonds is 6. The second-order valence-corrected chi connectivity index (χ2v) is 8.37. The number of carbonyl (C=O) groups excluding carboxylic acids is 2. The average molecular weight is 321 g/mol. The molecule has 0 spiro atoms. The minimum absolute atomic E-state index is 0.111. The molecule has 0 aromatic heterocycles. The average Bonchev–Trinajstić information content (AvgIpc) is 2.51. The maximum atomic E-state index is 13.4. The molecule has 4 aliphatic carbocycles. The van der Waals surface area contributed by atoms with Crippen LogP contribution >= 0.6 is 0 Å². The number of hydrogen-bond acceptors (Lipinski definition) is 3. The smallest absolute Gasteiger partial charge is 0.310 e. The van der Waals surface area contributed by atoms with Gasteiger partial charge in [-0.2, -0.15) is 0 Å². The quantitative estimate of drug-likeness (QED) is 0.706. The van der Waals surface area contributed by atoms with E-state index in [9.17, 15) is 9.59 Å². The molecular formula is C19H31NO3. The Hall–Kier alpha value is -1.06. The molecule has 4 saturated carbocycles. The minimum Gasteiger partial charge on any atom is -0.469 e. The molecule has 0 saturated heterocycles. The maximum Gasteiger partial charge on any atom is 0.310 e. The van der Waals surface area contributed by atoms with Crippen LogP contribution in [0.3, 0.4) is 0 Å². The van der Waals surface area contributed by atoms with Crippen LogP contribution in [-0.4, -0.2) is 37.0 Å². The molecule has 130 valence electrons. The molecule has 0 radical (unpaired) electrons. The summed E-state index contributed by atoms with van der Waals surface area (Å²) < 4.78 is 4.84. The van der Waals surface area contributed by atoms with Gasteiger partial charge >= 0.3 is 5.97 Å². The van der Waals surface area contributed by atoms with E-state index in [-0.39, 0.29) is 17.3 Å². The summed E-state index contributed by atoms with van der Waals surface area (Å²) in [5.41, 5.74) is -0.111. The fourth-order valence-corrected chi connectivity index (χ4v) is 5.86. The molecule has 0 aliphatic heterocycles. The first-order valence-corrected chi connectivity index (χ1v) is 9.34. The van der Waals surface area contributed by atoms with Crippen LogP contribution in [0.25, 0.3) is 0 Å². The molecule has 1 unspecified atom stereocenters. The van der Waals surface area contributed by atoms with Crippen molar-refractivity contribution in [1.82, 2.24) is 4.90 Å². The van der Waals surface area contributed by atoms with E-state index in [1.54, 1.807) is 0 Å². The third-order valence-electron chi connectivity index (χ3n) is 6.37. The minimum atomic E-state index is -0.246. The molecule has 4 aliphatic rings. The lowest BCUT2D eigenvalue weighted by molar-refractivity contribution is -0.159. The van der Waals surface area contributed by atoms with E-state index in [2.05, 4.69) is 6.92 Å². The molecule has 1 atom stereocenters. The summed E-state index contributed by atoms with van der Waals surface area (Å²) in [6.07, 6.45) is 8.24. The van der Waals surface area contributed by atoms with E-state index in [1.807, 2.05) is 11.8 Å². The number of methoxy groups -OCH3 is 1. The second-order valence-electron chi connectivity index (χ2n) is 8.37. The molecule has 4 nitrogen and oxygen atoms in total. The highest BCUT2D eigenvalue weighted by Gasteiger charge is 2.55. The van der Waals surface area contributed by atoms with Gasteiger partial charge in [-0.05, 0) is 62.7 Å². The van der Waals surface area contributed by atoms with Crippen LogP contribution in [-0.2, 0) is 14.3 Å². The number of esters is 1. The van der Waals surface area contributed by atoms with Crippen LogP contribution in [0.4, 0.5) is 0 Å². The Labute approximate surface area is 139 Å². The van der Waals surface area contributed by atoms with Gasteiger partial charge in [0, 0.05) is 13.1 Å². The van der Waals surface area contributed by atoms with Crippen molar-refractivity contribution in [3.8, 4) is 0 Å². The topological polar surface area (TPSA) is 46.6 Å². The molecule has 4 bridgehead atoms. The zero-order valence-corrected chi connectivity index (χ0v) is 14.8. The Morgan fingerprint density at radius 1 is 1.13 bits per heavy atom. The van der Waals surface area contributed by atoms with Crippen LogP contribution in [0.5, 0.6) is 0 Å². The van der Waals surface area contributed by atoms with Crippen LogP contribution in [0.2, 0.25) is 0 Å². The highest BCUT2D eigenvalue weighted by molar-refractivity contribution is 5.84. The molecule has 0 aromatic carbocycles. The van der Waals surface area contributed by atoms with E-state index < -0.39 is 0 Å². The molecule has 4 heteroatoms. The standard InChI is InChI=1S/C19H31NO3/c1-4-5-20(12-13(2)17(21)23-3)18(22)19-9-14-6-15(10-19)8-16(7-14)11-19/h13-16H,4-12H2,1-3H3. The molecule has 0 heterocycles. The highest BCUT2D eigenvalue weighted by Crippen LogP contribution is 2.60. The van der Waals surface area contributed by atoms with E-state index >= 15 is 0 Å². The van der Waals surface area contributed by atoms with Gasteiger partial charge in [-0.1, -0.05) is 13.8 Å². The van der Waals surface area contributed by atoms with Gasteiger partial charge in [0.1, 0.15) is 0 Å². The lowest BCUT2D eigenvalue weighted by Gasteiger charge is -2.56. The van der Waals surface area contributed by atoms with Crippen molar-refractivity contribution in [3.63, 3.8) is 0 Å². The Kier molecular flexibility index (Phi) is 4.70. The summed E-state index contributed by atoms with van der Waals surface area (Å²) in [6, 6.07) is 0. The Morgan fingerprint density at radius 2 is 1.65 bits per heavy atom. The lowest BCUT2D eigenvalue weighted by atomic mass is 9.49. The monoisotopic (exact) mass is 321 g/mol. The zero-order valence-electron chi connectivity index (χ0n) is 14.8. The summed E-state index contributed by atoms with van der Waals surface area (Å²) >= 11 is 0. The number of amides is 1. The van der Waals surface area contributed by atoms with Crippen molar-refractivity contribution >= 4 is 11.9 Å². The molecule has 0 aromatic rings. The predicted octanol–water partition coefficient (Wildman–Crippen LogP) is 3.25. The van der Waals surface area contributed by atoms with Crippen LogP contribution in [0.1, 0.15) is 58.8 Å². The molecule has 4 fully saturated rings. The largest absolute Gasteiger partial charge is 0.469 e. The number of hydrogen-bond donors (Lipinski definition) is 0. The highest BCUT2D eigenvalue weighted by atomic mass is 16.5. The van der Waals surface area contributed by atoms with Crippen molar-refractivity contribution in [3.05, 3.63) is 0 Å². The third-order valence-corrected chi connectivity index (χ3v) is 6.37. The van der Waals surface area contributed by atoms with Crippen molar-refractivity contribution in [2.24, 2.45) is 29.1 Å². The van der Waals surface area contributed by atoms with Gasteiger partial charge in [-0.3, -0.25) is 9.59 Å². The van der Waals surface area contributed by atoms with Gasteiger partial charge in [0.05, 0.1) is 18.4 Å². The summed E-state index contributed by atoms with van der Waals surface area (Å²) in [5.74, 6) is 2.17. The van der Waals surface area contributed by atoms with E-state index in [4.69, 9.17) is 4.74 Å². The first kappa shape index (κ1) is 16.8. The third kappa shape index (κ3) is 3.14. The summed E-state index contributed by atoms with van der Waals surface area (Å²) in [6.45, 7) is 5.22. The zero-order chi connectivity index (χ0) is 16.6. The van der Waals surface area contributed by atoms with Gasteiger partial charge in [-0.15, -0.1) is 0 Å². The van der Waals surface area contributed by atoms with Crippen LogP contribution in [0, 0.1) is 29.1 Å². The van der Waals surface area contributed by atoms with Gasteiger partial charge in [0.2, 0.25) is 5.91 Å². The fourth-order valence-electron chi connectivity index (χ4n) is 5.86. The van der Waals surface area contributed by atoms with Crippen LogP contribution < -0.4 is 0 Å². The fraction of sp³-hybridized carbons (Fsp3) is 0.895. The lowest BCUT2D eigenvalue weighted by Crippen LogP contribution is -2.55. The van der Waals surface area contributed by atoms with Gasteiger partial charge in [-0.25, -0.2) is 0 Å². The first-order chi connectivity index (χ1) is 11.0. The van der Waals surface area contributed by atoms with E-state index in [0.29, 0.717) is 12.5 Å². The Morgan fingerprint density at radius 3 is 2.09 bits per heavy atom.